The Kier molecular flexibility index (Phi) is 4.40. The second kappa shape index (κ2) is 4.56. The van der Waals surface area contributed by atoms with E-state index in [4.69, 9.17) is 45.2 Å². The van der Waals surface area contributed by atoms with Crippen molar-refractivity contribution >= 4 is 40.8 Å². The number of hydrogen-bond donors (Lipinski definition) is 1. The molecule has 0 aliphatic carbocycles. The van der Waals surface area contributed by atoms with Crippen LogP contribution in [0, 0.1) is 11.3 Å². The molecule has 1 N–H and O–H groups in total. The lowest BCUT2D eigenvalue weighted by molar-refractivity contribution is -0.132. The molecule has 0 aliphatic rings. The number of halogens is 3. The number of nitrogens with zero attached hydrogens (tertiary/aromatic N) is 1. The van der Waals surface area contributed by atoms with E-state index in [0.29, 0.717) is 0 Å². The van der Waals surface area contributed by atoms with Crippen molar-refractivity contribution in [2.45, 2.75) is 10.2 Å². The van der Waals surface area contributed by atoms with Crippen LogP contribution in [0.25, 0.3) is 0 Å². The number of carboxylic acids is 1. The quantitative estimate of drug-likeness (QED) is 0.448. The van der Waals surface area contributed by atoms with E-state index < -0.39 is 9.76 Å². The molecule has 0 bridgehead atoms. The van der Waals surface area contributed by atoms with Crippen LogP contribution in [0.5, 0.6) is 0 Å². The summed E-state index contributed by atoms with van der Waals surface area (Å²) < 4.78 is -1.68. The lowest BCUT2D eigenvalue weighted by atomic mass is 10.2. The maximum Gasteiger partial charge on any atom is 0.332 e. The highest BCUT2D eigenvalue weighted by atomic mass is 35.6. The van der Waals surface area contributed by atoms with Crippen molar-refractivity contribution in [3.05, 3.63) is 11.6 Å². The van der Waals surface area contributed by atoms with Gasteiger partial charge in [0.05, 0.1) is 11.6 Å². The number of hydrogen-bond acceptors (Lipinski definition) is 2. The number of nitriles is 1. The lowest BCUT2D eigenvalue weighted by Gasteiger charge is -2.09. The Morgan fingerprint density at radius 3 is 2.33 bits per heavy atom. The zero-order valence-corrected chi connectivity index (χ0v) is 7.99. The van der Waals surface area contributed by atoms with Crippen molar-refractivity contribution in [1.82, 2.24) is 0 Å². The third-order valence-corrected chi connectivity index (χ3v) is 1.31. The van der Waals surface area contributed by atoms with Gasteiger partial charge in [0.15, 0.2) is 3.79 Å². The van der Waals surface area contributed by atoms with Crippen LogP contribution < -0.4 is 0 Å². The molecule has 0 aromatic rings. The Balaban J connectivity index is 4.50. The summed E-state index contributed by atoms with van der Waals surface area (Å²) in [7, 11) is 0. The number of alkyl halides is 3. The minimum absolute atomic E-state index is 0.225. The molecular weight excluding hydrogens is 224 g/mol. The fourth-order valence-electron chi connectivity index (χ4n) is 0.482. The summed E-state index contributed by atoms with van der Waals surface area (Å²) in [6, 6.07) is 1.55. The van der Waals surface area contributed by atoms with Gasteiger partial charge in [-0.1, -0.05) is 34.8 Å². The first-order valence-electron chi connectivity index (χ1n) is 2.75. The molecule has 0 radical (unpaired) electrons. The summed E-state index contributed by atoms with van der Waals surface area (Å²) in [5.41, 5.74) is -0.225. The second-order valence-electron chi connectivity index (χ2n) is 1.90. The molecule has 12 heavy (non-hydrogen) atoms. The van der Waals surface area contributed by atoms with Gasteiger partial charge >= 0.3 is 5.97 Å². The summed E-state index contributed by atoms with van der Waals surface area (Å²) in [6.45, 7) is 0. The van der Waals surface area contributed by atoms with E-state index >= 15 is 0 Å². The fourth-order valence-corrected chi connectivity index (χ4v) is 0.914. The summed E-state index contributed by atoms with van der Waals surface area (Å²) in [5, 5.41) is 16.6. The zero-order chi connectivity index (χ0) is 9.78. The molecule has 0 rings (SSSR count). The minimum Gasteiger partial charge on any atom is -0.478 e. The van der Waals surface area contributed by atoms with Crippen molar-refractivity contribution in [1.29, 1.82) is 5.26 Å². The summed E-state index contributed by atoms with van der Waals surface area (Å²) in [6.07, 6.45) is 0.546. The monoisotopic (exact) mass is 227 g/mol. The summed E-state index contributed by atoms with van der Waals surface area (Å²) >= 11 is 16.0. The number of carbonyl (C=O) groups is 1. The molecular formula is C6H4Cl3NO2. The molecule has 0 saturated carbocycles. The fraction of sp³-hybridized carbons (Fsp3) is 0.333. The van der Waals surface area contributed by atoms with E-state index in [1.165, 1.54) is 0 Å². The van der Waals surface area contributed by atoms with Gasteiger partial charge in [0.2, 0.25) is 0 Å². The topological polar surface area (TPSA) is 61.1 Å². The number of allylic oxidation sites excluding steroid dienone is 1. The zero-order valence-electron chi connectivity index (χ0n) is 5.72. The molecule has 6 heteroatoms. The van der Waals surface area contributed by atoms with Gasteiger partial charge in [0.25, 0.3) is 0 Å². The second-order valence-corrected chi connectivity index (χ2v) is 4.41. The third kappa shape index (κ3) is 5.25. The van der Waals surface area contributed by atoms with Crippen LogP contribution in [0.1, 0.15) is 6.42 Å². The Morgan fingerprint density at radius 2 is 2.08 bits per heavy atom. The average molecular weight is 228 g/mol. The maximum absolute atomic E-state index is 10.4. The highest BCUT2D eigenvalue weighted by Gasteiger charge is 2.24. The van der Waals surface area contributed by atoms with Crippen LogP contribution in [0.3, 0.4) is 0 Å². The Morgan fingerprint density at radius 1 is 1.58 bits per heavy atom. The maximum atomic E-state index is 10.4. The summed E-state index contributed by atoms with van der Waals surface area (Å²) in [5.74, 6) is -1.26. The molecule has 0 atom stereocenters. The smallest absolute Gasteiger partial charge is 0.332 e. The van der Waals surface area contributed by atoms with Gasteiger partial charge < -0.3 is 5.11 Å². The Bertz CT molecular complexity index is 248. The highest BCUT2D eigenvalue weighted by Crippen LogP contribution is 2.33. The SMILES string of the molecule is N#CC=C(CC(Cl)(Cl)Cl)C(=O)O. The predicted octanol–water partition coefficient (Wildman–Crippen LogP) is 2.28. The van der Waals surface area contributed by atoms with Crippen LogP contribution in [0.2, 0.25) is 0 Å². The molecule has 0 heterocycles. The van der Waals surface area contributed by atoms with Crippen molar-refractivity contribution in [3.8, 4) is 6.07 Å². The lowest BCUT2D eigenvalue weighted by Crippen LogP contribution is -2.10. The van der Waals surface area contributed by atoms with Crippen LogP contribution in [0.15, 0.2) is 11.6 Å². The number of carboxylic acid groups (broad SMARTS) is 1. The predicted molar refractivity (Wildman–Crippen MR) is 46.2 cm³/mol. The molecule has 0 fully saturated rings. The number of aliphatic carboxylic acids is 1. The average Bonchev–Trinajstić information content (AvgIpc) is 1.83. The minimum atomic E-state index is -1.68. The molecule has 0 saturated heterocycles. The normalized spacial score (nSPS) is 12.3. The van der Waals surface area contributed by atoms with Crippen molar-refractivity contribution in [2.24, 2.45) is 0 Å². The number of rotatable bonds is 2. The van der Waals surface area contributed by atoms with Gasteiger partial charge in [-0.25, -0.2) is 4.79 Å². The molecule has 0 aromatic carbocycles. The van der Waals surface area contributed by atoms with Crippen LogP contribution >= 0.6 is 34.8 Å². The van der Waals surface area contributed by atoms with E-state index in [2.05, 4.69) is 0 Å². The van der Waals surface area contributed by atoms with E-state index in [1.807, 2.05) is 0 Å². The van der Waals surface area contributed by atoms with Crippen molar-refractivity contribution in [2.75, 3.05) is 0 Å². The van der Waals surface area contributed by atoms with Crippen LogP contribution in [-0.2, 0) is 4.79 Å². The van der Waals surface area contributed by atoms with Gasteiger partial charge in [-0.2, -0.15) is 5.26 Å². The highest BCUT2D eigenvalue weighted by molar-refractivity contribution is 6.67. The molecule has 0 unspecified atom stereocenters. The first-order valence-corrected chi connectivity index (χ1v) is 3.89. The molecule has 0 spiro atoms. The van der Waals surface area contributed by atoms with Gasteiger partial charge in [0, 0.05) is 12.5 Å². The van der Waals surface area contributed by atoms with Gasteiger partial charge in [-0.3, -0.25) is 0 Å². The third-order valence-electron chi connectivity index (χ3n) is 0.904. The first kappa shape index (κ1) is 11.6. The van der Waals surface area contributed by atoms with Crippen LogP contribution in [-0.4, -0.2) is 14.9 Å². The first-order chi connectivity index (χ1) is 5.37. The molecule has 0 aliphatic heterocycles. The van der Waals surface area contributed by atoms with E-state index in [1.54, 1.807) is 6.07 Å². The van der Waals surface area contributed by atoms with E-state index in [0.717, 1.165) is 6.08 Å². The molecule has 0 amide bonds. The Hall–Kier alpha value is -0.430. The van der Waals surface area contributed by atoms with E-state index in [9.17, 15) is 4.79 Å². The molecule has 66 valence electrons. The van der Waals surface area contributed by atoms with Crippen LogP contribution in [0.4, 0.5) is 0 Å². The largest absolute Gasteiger partial charge is 0.478 e. The van der Waals surface area contributed by atoms with Crippen molar-refractivity contribution in [3.63, 3.8) is 0 Å². The van der Waals surface area contributed by atoms with Gasteiger partial charge in [-0.15, -0.1) is 0 Å². The molecule has 0 aromatic heterocycles. The molecule has 3 nitrogen and oxygen atoms in total. The van der Waals surface area contributed by atoms with Gasteiger partial charge in [-0.05, 0) is 0 Å². The van der Waals surface area contributed by atoms with Crippen molar-refractivity contribution < 1.29 is 9.90 Å². The standard InChI is InChI=1S/C6H4Cl3NO2/c7-6(8,9)3-4(1-2-10)5(11)12/h1H,3H2,(H,11,12). The summed E-state index contributed by atoms with van der Waals surface area (Å²) in [4.78, 5) is 10.4. The van der Waals surface area contributed by atoms with E-state index in [-0.39, 0.29) is 12.0 Å². The Labute approximate surface area is 84.1 Å². The van der Waals surface area contributed by atoms with Gasteiger partial charge in [0.1, 0.15) is 0 Å².